The van der Waals surface area contributed by atoms with Crippen molar-refractivity contribution in [3.63, 3.8) is 0 Å². The number of carbonyl (C=O) groups excluding carboxylic acids is 1. The zero-order chi connectivity index (χ0) is 12.3. The molecule has 1 rings (SSSR count). The van der Waals surface area contributed by atoms with Crippen LogP contribution in [0.1, 0.15) is 10.5 Å². The lowest BCUT2D eigenvalue weighted by molar-refractivity contribution is 0.0230. The molecule has 0 aliphatic heterocycles. The van der Waals surface area contributed by atoms with Crippen LogP contribution in [0, 0.1) is 0 Å². The number of carbonyl (C=O) groups is 1. The Morgan fingerprint density at radius 3 is 2.59 bits per heavy atom. The molecule has 0 spiro atoms. The number of nitrogens with zero attached hydrogens (tertiary/aromatic N) is 2. The molecule has 0 amide bonds. The van der Waals surface area contributed by atoms with Crippen molar-refractivity contribution < 1.29 is 19.0 Å². The maximum Gasteiger partial charge on any atom is 0.169 e. The van der Waals surface area contributed by atoms with Gasteiger partial charge in [-0.05, 0) is 0 Å². The van der Waals surface area contributed by atoms with E-state index >= 15 is 0 Å². The van der Waals surface area contributed by atoms with E-state index in [1.807, 2.05) is 4.57 Å². The fourth-order valence-corrected chi connectivity index (χ4v) is 1.19. The molecule has 0 bridgehead atoms. The molecule has 1 heterocycles. The first-order valence-corrected chi connectivity index (χ1v) is 5.48. The monoisotopic (exact) mass is 242 g/mol. The average molecular weight is 242 g/mol. The maximum atomic E-state index is 10.4. The van der Waals surface area contributed by atoms with Crippen LogP contribution in [0.15, 0.2) is 12.5 Å². The van der Waals surface area contributed by atoms with Crippen molar-refractivity contribution in [3.05, 3.63) is 18.2 Å². The van der Waals surface area contributed by atoms with Gasteiger partial charge in [-0.25, -0.2) is 4.98 Å². The number of methoxy groups -OCH3 is 1. The Morgan fingerprint density at radius 2 is 1.94 bits per heavy atom. The zero-order valence-electron chi connectivity index (χ0n) is 10.0. The van der Waals surface area contributed by atoms with Crippen LogP contribution in [0.25, 0.3) is 0 Å². The second-order valence-corrected chi connectivity index (χ2v) is 3.37. The van der Waals surface area contributed by atoms with E-state index in [1.54, 1.807) is 19.6 Å². The molecule has 0 unspecified atom stereocenters. The predicted molar refractivity (Wildman–Crippen MR) is 61.1 cm³/mol. The van der Waals surface area contributed by atoms with Crippen molar-refractivity contribution in [2.24, 2.45) is 0 Å². The van der Waals surface area contributed by atoms with Crippen LogP contribution in [0.2, 0.25) is 0 Å². The number of hydrogen-bond donors (Lipinski definition) is 0. The highest BCUT2D eigenvalue weighted by Gasteiger charge is 1.96. The largest absolute Gasteiger partial charge is 0.382 e. The van der Waals surface area contributed by atoms with Crippen LogP contribution in [-0.2, 0) is 20.8 Å². The van der Waals surface area contributed by atoms with Crippen molar-refractivity contribution in [1.29, 1.82) is 0 Å². The summed E-state index contributed by atoms with van der Waals surface area (Å²) in [6.07, 6.45) is 4.02. The molecule has 0 atom stereocenters. The van der Waals surface area contributed by atoms with E-state index < -0.39 is 0 Å². The topological polar surface area (TPSA) is 62.6 Å². The second-order valence-electron chi connectivity index (χ2n) is 3.37. The van der Waals surface area contributed by atoms with E-state index in [0.29, 0.717) is 45.3 Å². The molecule has 0 saturated carbocycles. The Bertz CT molecular complexity index is 314. The van der Waals surface area contributed by atoms with E-state index in [0.717, 1.165) is 6.29 Å². The minimum atomic E-state index is 0.438. The van der Waals surface area contributed by atoms with Gasteiger partial charge in [0, 0.05) is 19.9 Å². The molecule has 6 heteroatoms. The van der Waals surface area contributed by atoms with E-state index in [9.17, 15) is 4.79 Å². The first-order chi connectivity index (χ1) is 8.36. The van der Waals surface area contributed by atoms with Crippen LogP contribution in [0.5, 0.6) is 0 Å². The molecule has 1 aromatic rings. The molecule has 0 N–H and O–H groups in total. The van der Waals surface area contributed by atoms with E-state index in [2.05, 4.69) is 4.98 Å². The van der Waals surface area contributed by atoms with E-state index in [4.69, 9.17) is 14.2 Å². The van der Waals surface area contributed by atoms with Crippen molar-refractivity contribution >= 4 is 6.29 Å². The van der Waals surface area contributed by atoms with Gasteiger partial charge in [-0.3, -0.25) is 4.79 Å². The first-order valence-electron chi connectivity index (χ1n) is 5.48. The third-order valence-corrected chi connectivity index (χ3v) is 2.07. The summed E-state index contributed by atoms with van der Waals surface area (Å²) in [5.74, 6) is 0. The molecule has 0 fully saturated rings. The van der Waals surface area contributed by atoms with Crippen LogP contribution < -0.4 is 0 Å². The maximum absolute atomic E-state index is 10.4. The van der Waals surface area contributed by atoms with Crippen molar-refractivity contribution in [2.75, 3.05) is 40.1 Å². The van der Waals surface area contributed by atoms with Gasteiger partial charge in [-0.1, -0.05) is 0 Å². The number of aldehydes is 1. The van der Waals surface area contributed by atoms with Gasteiger partial charge in [0.25, 0.3) is 0 Å². The van der Waals surface area contributed by atoms with Crippen LogP contribution in [0.3, 0.4) is 0 Å². The first kappa shape index (κ1) is 13.8. The second kappa shape index (κ2) is 8.86. The molecular weight excluding hydrogens is 224 g/mol. The standard InChI is InChI=1S/C11H18N2O4/c1-15-4-5-17-7-6-16-3-2-13-8-11(9-14)12-10-13/h8-10H,2-7H2,1H3. The summed E-state index contributed by atoms with van der Waals surface area (Å²) in [7, 11) is 1.64. The fourth-order valence-electron chi connectivity index (χ4n) is 1.19. The molecular formula is C11H18N2O4. The number of ether oxygens (including phenoxy) is 3. The number of hydrogen-bond acceptors (Lipinski definition) is 5. The van der Waals surface area contributed by atoms with E-state index in [-0.39, 0.29) is 0 Å². The van der Waals surface area contributed by atoms with Crippen LogP contribution >= 0.6 is 0 Å². The lowest BCUT2D eigenvalue weighted by Crippen LogP contribution is -2.11. The smallest absolute Gasteiger partial charge is 0.169 e. The summed E-state index contributed by atoms with van der Waals surface area (Å²) in [6.45, 7) is 3.56. The van der Waals surface area contributed by atoms with Crippen molar-refractivity contribution in [2.45, 2.75) is 6.54 Å². The number of aromatic nitrogens is 2. The third-order valence-electron chi connectivity index (χ3n) is 2.07. The molecule has 0 aliphatic carbocycles. The quantitative estimate of drug-likeness (QED) is 0.438. The minimum absolute atomic E-state index is 0.438. The molecule has 17 heavy (non-hydrogen) atoms. The van der Waals surface area contributed by atoms with Crippen LogP contribution in [-0.4, -0.2) is 56.0 Å². The van der Waals surface area contributed by atoms with Crippen LogP contribution in [0.4, 0.5) is 0 Å². The van der Waals surface area contributed by atoms with Crippen molar-refractivity contribution in [3.8, 4) is 0 Å². The molecule has 1 aromatic heterocycles. The summed E-state index contributed by atoms with van der Waals surface area (Å²) < 4.78 is 17.2. The van der Waals surface area contributed by atoms with Gasteiger partial charge < -0.3 is 18.8 Å². The normalized spacial score (nSPS) is 10.6. The van der Waals surface area contributed by atoms with Gasteiger partial charge in [0.1, 0.15) is 5.69 Å². The summed E-state index contributed by atoms with van der Waals surface area (Å²) >= 11 is 0. The molecule has 0 aromatic carbocycles. The minimum Gasteiger partial charge on any atom is -0.382 e. The van der Waals surface area contributed by atoms with Crippen molar-refractivity contribution in [1.82, 2.24) is 9.55 Å². The zero-order valence-corrected chi connectivity index (χ0v) is 10.0. The molecule has 96 valence electrons. The Balaban J connectivity index is 1.95. The fraction of sp³-hybridized carbons (Fsp3) is 0.636. The Hall–Kier alpha value is -1.24. The van der Waals surface area contributed by atoms with Gasteiger partial charge in [0.05, 0.1) is 39.4 Å². The summed E-state index contributed by atoms with van der Waals surface area (Å²) in [5, 5.41) is 0. The highest BCUT2D eigenvalue weighted by Crippen LogP contribution is 1.92. The van der Waals surface area contributed by atoms with E-state index in [1.165, 1.54) is 0 Å². The Morgan fingerprint density at radius 1 is 1.24 bits per heavy atom. The van der Waals surface area contributed by atoms with Gasteiger partial charge in [0.2, 0.25) is 0 Å². The summed E-state index contributed by atoms with van der Waals surface area (Å²) in [6, 6.07) is 0. The average Bonchev–Trinajstić information content (AvgIpc) is 2.80. The Kier molecular flexibility index (Phi) is 7.20. The highest BCUT2D eigenvalue weighted by molar-refractivity contribution is 5.70. The van der Waals surface area contributed by atoms with Gasteiger partial charge in [0.15, 0.2) is 6.29 Å². The lowest BCUT2D eigenvalue weighted by atomic mass is 10.5. The number of rotatable bonds is 10. The van der Waals surface area contributed by atoms with Gasteiger partial charge >= 0.3 is 0 Å². The molecule has 0 radical (unpaired) electrons. The third kappa shape index (κ3) is 6.15. The molecule has 0 saturated heterocycles. The summed E-state index contributed by atoms with van der Waals surface area (Å²) in [5.41, 5.74) is 0.438. The predicted octanol–water partition coefficient (Wildman–Crippen LogP) is 0.375. The molecule has 6 nitrogen and oxygen atoms in total. The Labute approximate surface area is 100 Å². The number of imidazole rings is 1. The van der Waals surface area contributed by atoms with Gasteiger partial charge in [-0.2, -0.15) is 0 Å². The molecule has 0 aliphatic rings. The lowest BCUT2D eigenvalue weighted by Gasteiger charge is -2.05. The summed E-state index contributed by atoms with van der Waals surface area (Å²) in [4.78, 5) is 14.3. The van der Waals surface area contributed by atoms with Gasteiger partial charge in [-0.15, -0.1) is 0 Å². The highest BCUT2D eigenvalue weighted by atomic mass is 16.5. The SMILES string of the molecule is COCCOCCOCCn1cnc(C=O)c1.